The van der Waals surface area contributed by atoms with Gasteiger partial charge >= 0.3 is 0 Å². The minimum Gasteiger partial charge on any atom is -0.488 e. The first-order valence-electron chi connectivity index (χ1n) is 11.6. The second-order valence-electron chi connectivity index (χ2n) is 9.28. The first-order chi connectivity index (χ1) is 15.9. The van der Waals surface area contributed by atoms with Crippen molar-refractivity contribution in [1.82, 2.24) is 0 Å². The molecule has 0 saturated carbocycles. The Morgan fingerprint density at radius 3 is 1.70 bits per heavy atom. The molecule has 0 atom stereocenters. The van der Waals surface area contributed by atoms with Crippen LogP contribution in [0.5, 0.6) is 11.5 Å². The Labute approximate surface area is 196 Å². The second kappa shape index (κ2) is 8.44. The number of rotatable bonds is 0. The van der Waals surface area contributed by atoms with Crippen molar-refractivity contribution < 1.29 is 9.47 Å². The molecule has 0 aromatic heterocycles. The van der Waals surface area contributed by atoms with E-state index in [0.29, 0.717) is 13.2 Å². The van der Waals surface area contributed by atoms with E-state index in [0.717, 1.165) is 11.5 Å². The molecule has 2 nitrogen and oxygen atoms in total. The van der Waals surface area contributed by atoms with Gasteiger partial charge in [-0.15, -0.1) is 0 Å². The van der Waals surface area contributed by atoms with E-state index in [9.17, 15) is 0 Å². The fourth-order valence-corrected chi connectivity index (χ4v) is 4.67. The van der Waals surface area contributed by atoms with E-state index in [1.54, 1.807) is 0 Å². The van der Waals surface area contributed by atoms with Crippen molar-refractivity contribution in [3.63, 3.8) is 0 Å². The molecule has 0 aliphatic carbocycles. The zero-order valence-corrected chi connectivity index (χ0v) is 20.1. The predicted octanol–water partition coefficient (Wildman–Crippen LogP) is 8.03. The van der Waals surface area contributed by atoms with Crippen LogP contribution in [0.4, 0.5) is 0 Å². The van der Waals surface area contributed by atoms with E-state index in [1.165, 1.54) is 61.2 Å². The third-order valence-electron chi connectivity index (χ3n) is 6.67. The average molecular weight is 435 g/mol. The van der Waals surface area contributed by atoms with E-state index in [1.807, 2.05) is 0 Å². The summed E-state index contributed by atoms with van der Waals surface area (Å²) in [6, 6.07) is 23.9. The van der Waals surface area contributed by atoms with Crippen molar-refractivity contribution in [2.24, 2.45) is 0 Å². The molecule has 6 rings (SSSR count). The second-order valence-corrected chi connectivity index (χ2v) is 9.28. The summed E-state index contributed by atoms with van der Waals surface area (Å²) >= 11 is 0. The van der Waals surface area contributed by atoms with E-state index < -0.39 is 0 Å². The molecule has 0 spiro atoms. The van der Waals surface area contributed by atoms with Crippen molar-refractivity contribution in [1.29, 1.82) is 0 Å². The van der Waals surface area contributed by atoms with Crippen LogP contribution in [0.15, 0.2) is 66.7 Å². The Morgan fingerprint density at radius 1 is 0.515 bits per heavy atom. The van der Waals surface area contributed by atoms with Gasteiger partial charge in [0.15, 0.2) is 0 Å². The summed E-state index contributed by atoms with van der Waals surface area (Å²) in [5.74, 6) is 2.07. The van der Waals surface area contributed by atoms with Crippen LogP contribution in [0.1, 0.15) is 38.9 Å². The van der Waals surface area contributed by atoms with Crippen LogP contribution in [0, 0.1) is 34.6 Å². The Bertz CT molecular complexity index is 1310. The molecule has 2 aliphatic rings. The third-order valence-corrected chi connectivity index (χ3v) is 6.67. The predicted molar refractivity (Wildman–Crippen MR) is 136 cm³/mol. The van der Waals surface area contributed by atoms with Crippen LogP contribution in [0.25, 0.3) is 22.3 Å². The number of hydrogen-bond donors (Lipinski definition) is 0. The van der Waals surface area contributed by atoms with Crippen LogP contribution < -0.4 is 9.47 Å². The minimum absolute atomic E-state index is 0.688. The number of ether oxygens (including phenoxy) is 2. The molecule has 0 amide bonds. The largest absolute Gasteiger partial charge is 0.488 e. The zero-order chi connectivity index (χ0) is 23.1. The summed E-state index contributed by atoms with van der Waals surface area (Å²) in [7, 11) is 0. The Hall–Kier alpha value is -3.52. The molecule has 4 aromatic rings. The van der Waals surface area contributed by atoms with Crippen molar-refractivity contribution >= 4 is 0 Å². The van der Waals surface area contributed by atoms with Crippen molar-refractivity contribution in [3.05, 3.63) is 106 Å². The van der Waals surface area contributed by atoms with Crippen LogP contribution in [0.2, 0.25) is 0 Å². The van der Waals surface area contributed by atoms with Crippen molar-refractivity contribution in [2.75, 3.05) is 0 Å². The van der Waals surface area contributed by atoms with Crippen LogP contribution in [0.3, 0.4) is 0 Å². The van der Waals surface area contributed by atoms with Gasteiger partial charge in [0.05, 0.1) is 0 Å². The fourth-order valence-electron chi connectivity index (χ4n) is 4.67. The van der Waals surface area contributed by atoms with Gasteiger partial charge in [0, 0.05) is 11.1 Å². The van der Waals surface area contributed by atoms with Crippen molar-refractivity contribution in [2.45, 2.75) is 47.8 Å². The highest BCUT2D eigenvalue weighted by atomic mass is 16.5. The van der Waals surface area contributed by atoms with Gasteiger partial charge < -0.3 is 9.47 Å². The average Bonchev–Trinajstić information content (AvgIpc) is 2.81. The lowest BCUT2D eigenvalue weighted by Crippen LogP contribution is -2.07. The molecule has 0 fully saturated rings. The molecule has 2 aliphatic heterocycles. The van der Waals surface area contributed by atoms with Crippen LogP contribution >= 0.6 is 0 Å². The summed E-state index contributed by atoms with van der Waals surface area (Å²) in [6.07, 6.45) is 0. The summed E-state index contributed by atoms with van der Waals surface area (Å²) < 4.78 is 11.7. The number of fused-ring (bicyclic) bond motifs is 6. The zero-order valence-electron chi connectivity index (χ0n) is 20.1. The lowest BCUT2D eigenvalue weighted by molar-refractivity contribution is 0.300. The van der Waals surface area contributed by atoms with Gasteiger partial charge in [-0.1, -0.05) is 71.8 Å². The molecule has 0 N–H and O–H groups in total. The molecule has 33 heavy (non-hydrogen) atoms. The van der Waals surface area contributed by atoms with Gasteiger partial charge in [-0.3, -0.25) is 0 Å². The highest BCUT2D eigenvalue weighted by molar-refractivity contribution is 5.77. The lowest BCUT2D eigenvalue weighted by atomic mass is 9.92. The van der Waals surface area contributed by atoms with E-state index >= 15 is 0 Å². The maximum absolute atomic E-state index is 5.92. The van der Waals surface area contributed by atoms with Crippen molar-refractivity contribution in [3.8, 4) is 33.8 Å². The molecule has 2 heteroatoms. The van der Waals surface area contributed by atoms with E-state index in [-0.39, 0.29) is 0 Å². The fraction of sp³-hybridized carbons (Fsp3) is 0.226. The number of benzene rings is 4. The molecule has 4 aromatic carbocycles. The Morgan fingerprint density at radius 2 is 1.03 bits per heavy atom. The highest BCUT2D eigenvalue weighted by Crippen LogP contribution is 2.41. The summed E-state index contributed by atoms with van der Waals surface area (Å²) in [5, 5.41) is 0. The topological polar surface area (TPSA) is 18.5 Å². The molecular formula is C31H30O2. The summed E-state index contributed by atoms with van der Waals surface area (Å²) in [6.45, 7) is 12.0. The standard InChI is InChI=1S/C16H16O.C15H14O/c1-10-4-6-14-13(8-10)9-17-16-12(3)11(2)5-7-15(14)16;1-10-3-5-13-12(7-10)9-16-15-8-11(2)4-6-14(13)15/h4-8H,9H2,1-3H3;3-8H,9H2,1-2H3. The monoisotopic (exact) mass is 434 g/mol. The number of aryl methyl sites for hydroxylation is 4. The molecule has 0 saturated heterocycles. The van der Waals surface area contributed by atoms with Gasteiger partial charge in [0.25, 0.3) is 0 Å². The SMILES string of the molecule is Cc1ccc2c(c1)COc1c-2ccc(C)c1C.Cc1ccc2c(c1)COc1cc(C)ccc1-2. The molecule has 0 bridgehead atoms. The molecular weight excluding hydrogens is 404 g/mol. The lowest BCUT2D eigenvalue weighted by Gasteiger charge is -2.23. The van der Waals surface area contributed by atoms with Gasteiger partial charge in [-0.2, -0.15) is 0 Å². The first-order valence-corrected chi connectivity index (χ1v) is 11.6. The number of hydrogen-bond acceptors (Lipinski definition) is 2. The molecule has 166 valence electrons. The summed E-state index contributed by atoms with van der Waals surface area (Å²) in [5.41, 5.74) is 14.0. The van der Waals surface area contributed by atoms with E-state index in [2.05, 4.69) is 101 Å². The molecule has 0 unspecified atom stereocenters. The smallest absolute Gasteiger partial charge is 0.130 e. The first kappa shape index (κ1) is 21.3. The Kier molecular flexibility index (Phi) is 5.46. The maximum atomic E-state index is 5.92. The highest BCUT2D eigenvalue weighted by Gasteiger charge is 2.19. The van der Waals surface area contributed by atoms with Gasteiger partial charge in [-0.25, -0.2) is 0 Å². The summed E-state index contributed by atoms with van der Waals surface area (Å²) in [4.78, 5) is 0. The van der Waals surface area contributed by atoms with E-state index in [4.69, 9.17) is 9.47 Å². The molecule has 0 radical (unpaired) electrons. The van der Waals surface area contributed by atoms with Gasteiger partial charge in [0.1, 0.15) is 24.7 Å². The van der Waals surface area contributed by atoms with Crippen LogP contribution in [-0.4, -0.2) is 0 Å². The quantitative estimate of drug-likeness (QED) is 0.279. The minimum atomic E-state index is 0.688. The molecule has 2 heterocycles. The van der Waals surface area contributed by atoms with Gasteiger partial charge in [-0.05, 0) is 79.6 Å². The Balaban J connectivity index is 0.000000139. The van der Waals surface area contributed by atoms with Gasteiger partial charge in [0.2, 0.25) is 0 Å². The van der Waals surface area contributed by atoms with Crippen LogP contribution in [-0.2, 0) is 13.2 Å². The normalized spacial score (nSPS) is 12.6. The maximum Gasteiger partial charge on any atom is 0.130 e. The third kappa shape index (κ3) is 4.02.